The van der Waals surface area contributed by atoms with E-state index in [1.807, 2.05) is 54.1 Å². The van der Waals surface area contributed by atoms with Crippen LogP contribution < -0.4 is 15.5 Å². The van der Waals surface area contributed by atoms with E-state index < -0.39 is 0 Å². The second-order valence-corrected chi connectivity index (χ2v) is 9.22. The van der Waals surface area contributed by atoms with Crippen molar-refractivity contribution in [3.05, 3.63) is 65.0 Å². The summed E-state index contributed by atoms with van der Waals surface area (Å²) < 4.78 is 5.30. The van der Waals surface area contributed by atoms with Crippen molar-refractivity contribution in [3.8, 4) is 11.5 Å². The highest BCUT2D eigenvalue weighted by Crippen LogP contribution is 2.27. The molecular formula is C27H37Cl2N7O3. The number of rotatable bonds is 11. The number of aryl methyl sites for hydroxylation is 2. The van der Waals surface area contributed by atoms with E-state index in [1.165, 1.54) is 11.1 Å². The first-order valence-corrected chi connectivity index (χ1v) is 12.6. The topological polar surface area (TPSA) is 107 Å². The van der Waals surface area contributed by atoms with Crippen LogP contribution in [0.25, 0.3) is 11.5 Å². The summed E-state index contributed by atoms with van der Waals surface area (Å²) in [5.41, 5.74) is 4.94. The van der Waals surface area contributed by atoms with Crippen LogP contribution in [0.4, 0.5) is 5.69 Å². The summed E-state index contributed by atoms with van der Waals surface area (Å²) in [6.07, 6.45) is 0. The minimum absolute atomic E-state index is 0. The molecule has 0 unspecified atom stereocenters. The lowest BCUT2D eigenvalue weighted by Gasteiger charge is -2.32. The number of carbonyl (C=O) groups is 2. The van der Waals surface area contributed by atoms with Crippen molar-refractivity contribution in [1.29, 1.82) is 0 Å². The van der Waals surface area contributed by atoms with Gasteiger partial charge in [0.1, 0.15) is 0 Å². The van der Waals surface area contributed by atoms with Gasteiger partial charge < -0.3 is 20.1 Å². The van der Waals surface area contributed by atoms with Crippen LogP contribution in [0.1, 0.15) is 29.4 Å². The summed E-state index contributed by atoms with van der Waals surface area (Å²) in [5, 5.41) is 13.7. The van der Waals surface area contributed by atoms with E-state index in [2.05, 4.69) is 32.9 Å². The quantitative estimate of drug-likeness (QED) is 0.335. The summed E-state index contributed by atoms with van der Waals surface area (Å²) in [6, 6.07) is 13.9. The van der Waals surface area contributed by atoms with E-state index in [4.69, 9.17) is 4.52 Å². The number of amides is 2. The van der Waals surface area contributed by atoms with Crippen LogP contribution in [0.15, 0.2) is 47.0 Å². The number of nitrogens with one attached hydrogen (secondary N) is 2. The maximum atomic E-state index is 13.4. The lowest BCUT2D eigenvalue weighted by atomic mass is 10.1. The third-order valence-corrected chi connectivity index (χ3v) is 6.46. The van der Waals surface area contributed by atoms with Gasteiger partial charge in [0.2, 0.25) is 5.91 Å². The molecule has 0 bridgehead atoms. The number of likely N-dealkylation sites (N-methyl/N-ethyl adjacent to an activating group) is 2. The molecule has 2 amide bonds. The molecule has 1 aromatic heterocycles. The second kappa shape index (κ2) is 14.8. The maximum absolute atomic E-state index is 13.4. The molecule has 2 aromatic carbocycles. The van der Waals surface area contributed by atoms with E-state index in [0.29, 0.717) is 37.9 Å². The first-order valence-electron chi connectivity index (χ1n) is 12.6. The highest BCUT2D eigenvalue weighted by molar-refractivity contribution is 5.87. The monoisotopic (exact) mass is 577 g/mol. The summed E-state index contributed by atoms with van der Waals surface area (Å²) in [4.78, 5) is 32.3. The molecule has 0 spiro atoms. The first kappa shape index (κ1) is 32.0. The fourth-order valence-corrected chi connectivity index (χ4v) is 4.43. The van der Waals surface area contributed by atoms with E-state index >= 15 is 0 Å². The molecule has 1 aliphatic heterocycles. The zero-order valence-corrected chi connectivity index (χ0v) is 24.4. The normalized spacial score (nSPS) is 12.2. The van der Waals surface area contributed by atoms with Gasteiger partial charge in [-0.15, -0.1) is 24.8 Å². The number of hydrogen-bond acceptors (Lipinski definition) is 8. The Hall–Kier alpha value is -3.18. The maximum Gasteiger partial charge on any atom is 0.257 e. The van der Waals surface area contributed by atoms with Gasteiger partial charge in [0.05, 0.1) is 13.1 Å². The van der Waals surface area contributed by atoms with Gasteiger partial charge in [-0.3, -0.25) is 14.6 Å². The molecule has 1 aliphatic rings. The highest BCUT2D eigenvalue weighted by atomic mass is 35.5. The van der Waals surface area contributed by atoms with Crippen molar-refractivity contribution in [3.63, 3.8) is 0 Å². The SMILES string of the molecule is CCNCCNC(=O)CN(CC(=O)N(C)N1Cc2ccccc2C1)c1ccc(-c2nc(C)no2)cc1C.Cl.Cl. The van der Waals surface area contributed by atoms with Crippen LogP contribution in [-0.2, 0) is 22.7 Å². The zero-order chi connectivity index (χ0) is 26.4. The van der Waals surface area contributed by atoms with Crippen LogP contribution in [0.3, 0.4) is 0 Å². The number of anilines is 1. The number of nitrogens with zero attached hydrogens (tertiary/aromatic N) is 5. The van der Waals surface area contributed by atoms with Crippen LogP contribution in [0.2, 0.25) is 0 Å². The summed E-state index contributed by atoms with van der Waals surface area (Å²) >= 11 is 0. The van der Waals surface area contributed by atoms with E-state index in [9.17, 15) is 9.59 Å². The Morgan fingerprint density at radius 1 is 1.03 bits per heavy atom. The molecule has 212 valence electrons. The number of hydrogen-bond donors (Lipinski definition) is 2. The molecule has 3 aromatic rings. The summed E-state index contributed by atoms with van der Waals surface area (Å²) in [5.74, 6) is 0.761. The van der Waals surface area contributed by atoms with Gasteiger partial charge in [0.15, 0.2) is 5.82 Å². The van der Waals surface area contributed by atoms with Crippen molar-refractivity contribution in [2.24, 2.45) is 0 Å². The third kappa shape index (κ3) is 8.15. The average Bonchev–Trinajstić information content (AvgIpc) is 3.52. The van der Waals surface area contributed by atoms with Crippen LogP contribution in [0, 0.1) is 13.8 Å². The van der Waals surface area contributed by atoms with Crippen molar-refractivity contribution in [2.45, 2.75) is 33.9 Å². The lowest BCUT2D eigenvalue weighted by molar-refractivity contribution is -0.145. The van der Waals surface area contributed by atoms with E-state index in [-0.39, 0.29) is 49.7 Å². The van der Waals surface area contributed by atoms with Gasteiger partial charge in [-0.25, -0.2) is 5.01 Å². The van der Waals surface area contributed by atoms with Crippen LogP contribution >= 0.6 is 24.8 Å². The third-order valence-electron chi connectivity index (χ3n) is 6.46. The van der Waals surface area contributed by atoms with Crippen molar-refractivity contribution >= 4 is 42.3 Å². The molecule has 0 aliphatic carbocycles. The fourth-order valence-electron chi connectivity index (χ4n) is 4.43. The Bertz CT molecular complexity index is 1230. The van der Waals surface area contributed by atoms with Gasteiger partial charge in [-0.05, 0) is 55.3 Å². The lowest BCUT2D eigenvalue weighted by Crippen LogP contribution is -2.48. The molecule has 10 nitrogen and oxygen atoms in total. The van der Waals surface area contributed by atoms with E-state index in [1.54, 1.807) is 19.0 Å². The molecule has 2 N–H and O–H groups in total. The smallest absolute Gasteiger partial charge is 0.257 e. The summed E-state index contributed by atoms with van der Waals surface area (Å²) in [6.45, 7) is 9.28. The molecule has 0 saturated heterocycles. The van der Waals surface area contributed by atoms with Crippen LogP contribution in [-0.4, -0.2) is 71.7 Å². The highest BCUT2D eigenvalue weighted by Gasteiger charge is 2.27. The largest absolute Gasteiger partial charge is 0.353 e. The van der Waals surface area contributed by atoms with Gasteiger partial charge in [0, 0.05) is 44.5 Å². The fraction of sp³-hybridized carbons (Fsp3) is 0.407. The number of benzene rings is 2. The molecule has 2 heterocycles. The number of aromatic nitrogens is 2. The number of fused-ring (bicyclic) bond motifs is 1. The second-order valence-electron chi connectivity index (χ2n) is 9.22. The standard InChI is InChI=1S/C27H35N7O3.2ClH/c1-5-28-12-13-29-25(35)17-33(24-11-10-21(14-19(24)2)27-30-20(3)31-37-27)18-26(36)32(4)34-15-22-8-6-7-9-23(22)16-34;;/h6-11,14,28H,5,12-13,15-18H2,1-4H3,(H,29,35);2*1H. The van der Waals surface area contributed by atoms with Gasteiger partial charge >= 0.3 is 0 Å². The molecular weight excluding hydrogens is 541 g/mol. The number of hydrazine groups is 1. The van der Waals surface area contributed by atoms with Gasteiger partial charge in [-0.2, -0.15) is 4.98 Å². The Morgan fingerprint density at radius 3 is 2.31 bits per heavy atom. The molecule has 0 atom stereocenters. The van der Waals surface area contributed by atoms with Gasteiger partial charge in [0.25, 0.3) is 11.8 Å². The number of carbonyl (C=O) groups excluding carboxylic acids is 2. The molecule has 12 heteroatoms. The zero-order valence-electron chi connectivity index (χ0n) is 22.8. The molecule has 0 fully saturated rings. The van der Waals surface area contributed by atoms with Crippen molar-refractivity contribution < 1.29 is 14.1 Å². The van der Waals surface area contributed by atoms with E-state index in [0.717, 1.165) is 23.4 Å². The summed E-state index contributed by atoms with van der Waals surface area (Å²) in [7, 11) is 1.79. The Morgan fingerprint density at radius 2 is 1.72 bits per heavy atom. The molecule has 4 rings (SSSR count). The minimum Gasteiger partial charge on any atom is -0.353 e. The molecule has 39 heavy (non-hydrogen) atoms. The average molecular weight is 579 g/mol. The molecule has 0 saturated carbocycles. The van der Waals surface area contributed by atoms with Crippen molar-refractivity contribution in [1.82, 2.24) is 30.8 Å². The van der Waals surface area contributed by atoms with Crippen molar-refractivity contribution in [2.75, 3.05) is 44.7 Å². The molecule has 0 radical (unpaired) electrons. The minimum atomic E-state index is -0.141. The Labute approximate surface area is 241 Å². The van der Waals surface area contributed by atoms with Crippen LogP contribution in [0.5, 0.6) is 0 Å². The predicted molar refractivity (Wildman–Crippen MR) is 156 cm³/mol. The Balaban J connectivity index is 0.00000267. The predicted octanol–water partition coefficient (Wildman–Crippen LogP) is 3.12. The number of halogens is 2. The van der Waals surface area contributed by atoms with Gasteiger partial charge in [-0.1, -0.05) is 36.3 Å². The first-order chi connectivity index (χ1) is 17.9. The Kier molecular flexibility index (Phi) is 12.2.